The Morgan fingerprint density at radius 2 is 1.79 bits per heavy atom. The molecule has 8 heteroatoms. The molecule has 0 N–H and O–H groups in total. The van der Waals surface area contributed by atoms with E-state index in [0.29, 0.717) is 6.54 Å². The van der Waals surface area contributed by atoms with Crippen molar-refractivity contribution in [1.29, 1.82) is 0 Å². The van der Waals surface area contributed by atoms with Crippen LogP contribution in [0.4, 0.5) is 0 Å². The first-order valence-electron chi connectivity index (χ1n) is 11.5. The van der Waals surface area contributed by atoms with Crippen molar-refractivity contribution in [2.45, 2.75) is 32.0 Å². The van der Waals surface area contributed by atoms with Gasteiger partial charge in [0.15, 0.2) is 11.5 Å². The number of nitrogens with zero attached hydrogens (tertiary/aromatic N) is 6. The van der Waals surface area contributed by atoms with Crippen molar-refractivity contribution < 1.29 is 9.53 Å². The highest BCUT2D eigenvalue weighted by molar-refractivity contribution is 5.81. The van der Waals surface area contributed by atoms with Crippen LogP contribution in [0, 0.1) is 0 Å². The van der Waals surface area contributed by atoms with Crippen LogP contribution in [-0.2, 0) is 17.9 Å². The number of amides is 1. The lowest BCUT2D eigenvalue weighted by atomic mass is 10.2. The summed E-state index contributed by atoms with van der Waals surface area (Å²) in [5.74, 6) is 2.34. The molecule has 1 amide bonds. The maximum atomic E-state index is 13.6. The van der Waals surface area contributed by atoms with Crippen LogP contribution in [0.5, 0.6) is 5.75 Å². The second-order valence-corrected chi connectivity index (χ2v) is 8.44. The zero-order valence-electron chi connectivity index (χ0n) is 18.6. The molecule has 170 valence electrons. The van der Waals surface area contributed by atoms with Gasteiger partial charge in [-0.25, -0.2) is 4.98 Å². The van der Waals surface area contributed by atoms with Gasteiger partial charge in [0.1, 0.15) is 24.7 Å². The summed E-state index contributed by atoms with van der Waals surface area (Å²) in [6.07, 6.45) is 3.76. The summed E-state index contributed by atoms with van der Waals surface area (Å²) in [6, 6.07) is 23.2. The van der Waals surface area contributed by atoms with Gasteiger partial charge in [0.2, 0.25) is 5.91 Å². The Morgan fingerprint density at radius 1 is 0.971 bits per heavy atom. The SMILES string of the molecule is O=C(Cn1c(COc2ccccc2)nc2ccccc21)N1CCC[C@H]1c1nnc2ccccn12. The monoisotopic (exact) mass is 452 g/mol. The molecule has 0 spiro atoms. The molecule has 1 aliphatic rings. The largest absolute Gasteiger partial charge is 0.486 e. The minimum Gasteiger partial charge on any atom is -0.486 e. The molecular formula is C26H24N6O2. The Kier molecular flexibility index (Phi) is 5.18. The predicted octanol–water partition coefficient (Wildman–Crippen LogP) is 4.02. The lowest BCUT2D eigenvalue weighted by molar-refractivity contribution is -0.132. The van der Waals surface area contributed by atoms with Crippen LogP contribution in [0.15, 0.2) is 79.0 Å². The number of carbonyl (C=O) groups is 1. The summed E-state index contributed by atoms with van der Waals surface area (Å²) in [4.78, 5) is 20.3. The number of benzene rings is 2. The summed E-state index contributed by atoms with van der Waals surface area (Å²) in [7, 11) is 0. The number of likely N-dealkylation sites (tertiary alicyclic amines) is 1. The van der Waals surface area contributed by atoms with Crippen LogP contribution in [0.2, 0.25) is 0 Å². The van der Waals surface area contributed by atoms with Crippen LogP contribution < -0.4 is 4.74 Å². The molecule has 0 saturated carbocycles. The van der Waals surface area contributed by atoms with E-state index in [1.165, 1.54) is 0 Å². The van der Waals surface area contributed by atoms with Crippen molar-refractivity contribution >= 4 is 22.6 Å². The first-order valence-corrected chi connectivity index (χ1v) is 11.5. The lowest BCUT2D eigenvalue weighted by Crippen LogP contribution is -2.34. The van der Waals surface area contributed by atoms with Crippen LogP contribution >= 0.6 is 0 Å². The van der Waals surface area contributed by atoms with Crippen LogP contribution in [0.25, 0.3) is 16.7 Å². The van der Waals surface area contributed by atoms with Gasteiger partial charge >= 0.3 is 0 Å². The molecule has 1 atom stereocenters. The Morgan fingerprint density at radius 3 is 2.71 bits per heavy atom. The van der Waals surface area contributed by atoms with Crippen molar-refractivity contribution in [1.82, 2.24) is 29.0 Å². The Labute approximate surface area is 196 Å². The first kappa shape index (κ1) is 20.4. The summed E-state index contributed by atoms with van der Waals surface area (Å²) < 4.78 is 9.91. The van der Waals surface area contributed by atoms with Gasteiger partial charge in [-0.1, -0.05) is 36.4 Å². The minimum atomic E-state index is -0.0938. The molecule has 6 rings (SSSR count). The molecule has 2 aromatic carbocycles. The third-order valence-electron chi connectivity index (χ3n) is 6.35. The Balaban J connectivity index is 1.28. The fraction of sp³-hybridized carbons (Fsp3) is 0.231. The van der Waals surface area contributed by atoms with Gasteiger partial charge in [0.05, 0.1) is 17.1 Å². The smallest absolute Gasteiger partial charge is 0.243 e. The van der Waals surface area contributed by atoms with E-state index in [4.69, 9.17) is 9.72 Å². The van der Waals surface area contributed by atoms with Crippen molar-refractivity contribution in [2.75, 3.05) is 6.54 Å². The van der Waals surface area contributed by atoms with Crippen LogP contribution in [0.1, 0.15) is 30.5 Å². The molecule has 0 aliphatic carbocycles. The number of carbonyl (C=O) groups excluding carboxylic acids is 1. The summed E-state index contributed by atoms with van der Waals surface area (Å²) in [5, 5.41) is 8.70. The van der Waals surface area contributed by atoms with Gasteiger partial charge in [-0.3, -0.25) is 9.20 Å². The van der Waals surface area contributed by atoms with Crippen molar-refractivity contribution in [2.24, 2.45) is 0 Å². The normalized spacial score (nSPS) is 15.9. The highest BCUT2D eigenvalue weighted by Crippen LogP contribution is 2.31. The van der Waals surface area contributed by atoms with E-state index in [1.54, 1.807) is 0 Å². The maximum absolute atomic E-state index is 13.6. The van der Waals surface area contributed by atoms with Crippen LogP contribution in [0.3, 0.4) is 0 Å². The number of ether oxygens (including phenoxy) is 1. The van der Waals surface area contributed by atoms with E-state index < -0.39 is 0 Å². The number of pyridine rings is 1. The molecule has 1 aliphatic heterocycles. The molecule has 0 bridgehead atoms. The van der Waals surface area contributed by atoms with Gasteiger partial charge in [-0.05, 0) is 49.2 Å². The summed E-state index contributed by atoms with van der Waals surface area (Å²) >= 11 is 0. The molecule has 8 nitrogen and oxygen atoms in total. The maximum Gasteiger partial charge on any atom is 0.243 e. The number of rotatable bonds is 6. The van der Waals surface area contributed by atoms with Crippen LogP contribution in [-0.4, -0.2) is 41.5 Å². The third-order valence-corrected chi connectivity index (χ3v) is 6.35. The summed E-state index contributed by atoms with van der Waals surface area (Å²) in [5.41, 5.74) is 2.56. The summed E-state index contributed by atoms with van der Waals surface area (Å²) in [6.45, 7) is 1.18. The second kappa shape index (κ2) is 8.62. The van der Waals surface area contributed by atoms with Gasteiger partial charge in [-0.2, -0.15) is 0 Å². The van der Waals surface area contributed by atoms with Gasteiger partial charge in [0, 0.05) is 12.7 Å². The van der Waals surface area contributed by atoms with E-state index in [1.807, 2.05) is 92.9 Å². The average molecular weight is 453 g/mol. The van der Waals surface area contributed by atoms with Gasteiger partial charge in [-0.15, -0.1) is 10.2 Å². The topological polar surface area (TPSA) is 77.6 Å². The van der Waals surface area contributed by atoms with Crippen molar-refractivity contribution in [3.05, 3.63) is 90.6 Å². The fourth-order valence-electron chi connectivity index (χ4n) is 4.72. The van der Waals surface area contributed by atoms with Gasteiger partial charge < -0.3 is 14.2 Å². The number of hydrogen-bond acceptors (Lipinski definition) is 5. The van der Waals surface area contributed by atoms with Crippen molar-refractivity contribution in [3.8, 4) is 5.75 Å². The third kappa shape index (κ3) is 3.67. The predicted molar refractivity (Wildman–Crippen MR) is 127 cm³/mol. The molecule has 1 fully saturated rings. The van der Waals surface area contributed by atoms with Gasteiger partial charge in [0.25, 0.3) is 0 Å². The second-order valence-electron chi connectivity index (χ2n) is 8.44. The number of hydrogen-bond donors (Lipinski definition) is 0. The van der Waals surface area contributed by atoms with Crippen molar-refractivity contribution in [3.63, 3.8) is 0 Å². The molecule has 34 heavy (non-hydrogen) atoms. The number of para-hydroxylation sites is 3. The lowest BCUT2D eigenvalue weighted by Gasteiger charge is -2.24. The zero-order chi connectivity index (χ0) is 22.9. The van der Waals surface area contributed by atoms with E-state index in [-0.39, 0.29) is 25.1 Å². The number of imidazole rings is 1. The minimum absolute atomic E-state index is 0.0410. The van der Waals surface area contributed by atoms with E-state index in [2.05, 4.69) is 10.2 Å². The standard InChI is InChI=1S/C26H24N6O2/c33-25(30-16-8-13-22(30)26-29-28-23-14-6-7-15-31(23)26)17-32-21-12-5-4-11-20(21)27-24(32)18-34-19-9-2-1-3-10-19/h1-7,9-12,14-15,22H,8,13,16-18H2/t22-/m0/s1. The highest BCUT2D eigenvalue weighted by Gasteiger charge is 2.33. The molecular weight excluding hydrogens is 428 g/mol. The average Bonchev–Trinajstić information content (AvgIpc) is 3.60. The molecule has 1 saturated heterocycles. The molecule has 0 radical (unpaired) electrons. The Bertz CT molecular complexity index is 1460. The molecule has 4 heterocycles. The molecule has 3 aromatic heterocycles. The fourth-order valence-corrected chi connectivity index (χ4v) is 4.72. The zero-order valence-corrected chi connectivity index (χ0v) is 18.6. The van der Waals surface area contributed by atoms with E-state index in [9.17, 15) is 4.79 Å². The first-order chi connectivity index (χ1) is 16.8. The quantitative estimate of drug-likeness (QED) is 0.389. The number of fused-ring (bicyclic) bond motifs is 2. The molecule has 0 unspecified atom stereocenters. The highest BCUT2D eigenvalue weighted by atomic mass is 16.5. The molecule has 5 aromatic rings. The Hall–Kier alpha value is -4.20. The van der Waals surface area contributed by atoms with E-state index in [0.717, 1.165) is 46.9 Å². The van der Waals surface area contributed by atoms with E-state index >= 15 is 0 Å². The number of aromatic nitrogens is 5.